The highest BCUT2D eigenvalue weighted by Gasteiger charge is 2.29. The van der Waals surface area contributed by atoms with Crippen LogP contribution in [-0.4, -0.2) is 15.0 Å². The first kappa shape index (κ1) is 28.0. The molecule has 10 aromatic rings. The third kappa shape index (κ3) is 4.23. The first-order chi connectivity index (χ1) is 25.3. The molecular formula is C47H27N3O. The molecule has 236 valence electrons. The molecule has 8 aromatic carbocycles. The average molecular weight is 650 g/mol. The van der Waals surface area contributed by atoms with Crippen LogP contribution in [0.2, 0.25) is 0 Å². The lowest BCUT2D eigenvalue weighted by atomic mass is 9.86. The zero-order valence-electron chi connectivity index (χ0n) is 27.3. The average Bonchev–Trinajstić information content (AvgIpc) is 3.74. The molecule has 0 unspecified atom stereocenters. The second-order valence-corrected chi connectivity index (χ2v) is 13.1. The van der Waals surface area contributed by atoms with Crippen LogP contribution in [-0.2, 0) is 0 Å². The van der Waals surface area contributed by atoms with Crippen LogP contribution >= 0.6 is 0 Å². The minimum atomic E-state index is 0.626. The van der Waals surface area contributed by atoms with Crippen molar-refractivity contribution >= 4 is 43.5 Å². The van der Waals surface area contributed by atoms with Crippen LogP contribution < -0.4 is 0 Å². The van der Waals surface area contributed by atoms with Crippen molar-refractivity contribution in [3.63, 3.8) is 0 Å². The maximum absolute atomic E-state index is 6.66. The summed E-state index contributed by atoms with van der Waals surface area (Å²) in [5, 5.41) is 7.00. The molecule has 0 saturated heterocycles. The van der Waals surface area contributed by atoms with Crippen molar-refractivity contribution in [3.8, 4) is 67.5 Å². The molecule has 4 heteroatoms. The molecule has 1 aliphatic rings. The molecule has 0 radical (unpaired) electrons. The third-order valence-electron chi connectivity index (χ3n) is 10.2. The van der Waals surface area contributed by atoms with Crippen LogP contribution in [0.5, 0.6) is 0 Å². The van der Waals surface area contributed by atoms with Crippen LogP contribution in [0.1, 0.15) is 0 Å². The van der Waals surface area contributed by atoms with E-state index in [1.807, 2.05) is 66.7 Å². The Labute approximate surface area is 293 Å². The van der Waals surface area contributed by atoms with Gasteiger partial charge in [0.2, 0.25) is 0 Å². The van der Waals surface area contributed by atoms with E-state index in [1.165, 1.54) is 33.0 Å². The molecule has 2 heterocycles. The van der Waals surface area contributed by atoms with E-state index in [2.05, 4.69) is 97.1 Å². The largest absolute Gasteiger partial charge is 0.456 e. The highest BCUT2D eigenvalue weighted by Crippen LogP contribution is 2.55. The molecule has 0 N–H and O–H groups in total. The fourth-order valence-corrected chi connectivity index (χ4v) is 8.01. The Morgan fingerprint density at radius 1 is 0.333 bits per heavy atom. The number of para-hydroxylation sites is 1. The SMILES string of the molecule is c1ccc(-c2nc(-c3ccccc3)nc(-c3cc(-c4c5c(cc6oc7ccccc7c46)-c4cccc6cccc-5c46)c4ccccc4c3)n2)cc1. The van der Waals surface area contributed by atoms with Crippen molar-refractivity contribution < 1.29 is 4.42 Å². The molecule has 0 amide bonds. The Kier molecular flexibility index (Phi) is 5.92. The lowest BCUT2D eigenvalue weighted by Gasteiger charge is -2.17. The molecule has 0 spiro atoms. The van der Waals surface area contributed by atoms with Gasteiger partial charge in [-0.2, -0.15) is 0 Å². The number of fused-ring (bicyclic) bond motifs is 7. The molecule has 2 aromatic heterocycles. The Morgan fingerprint density at radius 3 is 1.65 bits per heavy atom. The molecular weight excluding hydrogens is 623 g/mol. The van der Waals surface area contributed by atoms with Crippen molar-refractivity contribution in [1.29, 1.82) is 0 Å². The maximum atomic E-state index is 6.66. The number of hydrogen-bond donors (Lipinski definition) is 0. The van der Waals surface area contributed by atoms with E-state index in [9.17, 15) is 0 Å². The van der Waals surface area contributed by atoms with Crippen molar-refractivity contribution in [3.05, 3.63) is 164 Å². The maximum Gasteiger partial charge on any atom is 0.164 e. The van der Waals surface area contributed by atoms with E-state index in [4.69, 9.17) is 19.4 Å². The first-order valence-electron chi connectivity index (χ1n) is 17.2. The predicted molar refractivity (Wildman–Crippen MR) is 208 cm³/mol. The summed E-state index contributed by atoms with van der Waals surface area (Å²) in [7, 11) is 0. The summed E-state index contributed by atoms with van der Waals surface area (Å²) in [6, 6.07) is 57.3. The molecule has 0 atom stereocenters. The van der Waals surface area contributed by atoms with E-state index in [1.54, 1.807) is 0 Å². The van der Waals surface area contributed by atoms with Crippen LogP contribution in [0.25, 0.3) is 111 Å². The fraction of sp³-hybridized carbons (Fsp3) is 0. The van der Waals surface area contributed by atoms with Crippen molar-refractivity contribution in [2.75, 3.05) is 0 Å². The summed E-state index contributed by atoms with van der Waals surface area (Å²) in [5.41, 5.74) is 11.7. The molecule has 11 rings (SSSR count). The van der Waals surface area contributed by atoms with Crippen LogP contribution in [0, 0.1) is 0 Å². The quantitative estimate of drug-likeness (QED) is 0.190. The molecule has 0 bridgehead atoms. The molecule has 4 nitrogen and oxygen atoms in total. The van der Waals surface area contributed by atoms with Gasteiger partial charge in [-0.05, 0) is 73.6 Å². The highest BCUT2D eigenvalue weighted by atomic mass is 16.3. The van der Waals surface area contributed by atoms with E-state index in [-0.39, 0.29) is 0 Å². The second-order valence-electron chi connectivity index (χ2n) is 13.1. The zero-order chi connectivity index (χ0) is 33.5. The standard InChI is InChI=1S/C47H27N3O/c1-3-13-29(14-4-1)45-48-46(30-15-5-2-6-16-30)50-47(49-45)32-25-31-17-7-8-20-33(31)37(26-32)44-42-36-23-12-19-28-18-11-22-34(41(28)36)38(42)27-40-43(44)35-21-9-10-24-39(35)51-40/h1-27H. The lowest BCUT2D eigenvalue weighted by Crippen LogP contribution is -2.00. The van der Waals surface area contributed by atoms with E-state index < -0.39 is 0 Å². The summed E-state index contributed by atoms with van der Waals surface area (Å²) < 4.78 is 6.66. The molecule has 1 aliphatic carbocycles. The summed E-state index contributed by atoms with van der Waals surface area (Å²) >= 11 is 0. The zero-order valence-corrected chi connectivity index (χ0v) is 27.3. The van der Waals surface area contributed by atoms with Crippen LogP contribution in [0.4, 0.5) is 0 Å². The van der Waals surface area contributed by atoms with Gasteiger partial charge in [-0.15, -0.1) is 0 Å². The summed E-state index contributed by atoms with van der Waals surface area (Å²) in [5.74, 6) is 1.90. The van der Waals surface area contributed by atoms with Gasteiger partial charge in [-0.3, -0.25) is 0 Å². The van der Waals surface area contributed by atoms with Crippen molar-refractivity contribution in [2.45, 2.75) is 0 Å². The van der Waals surface area contributed by atoms with Gasteiger partial charge in [0.05, 0.1) is 0 Å². The highest BCUT2D eigenvalue weighted by molar-refractivity contribution is 6.27. The topological polar surface area (TPSA) is 51.8 Å². The number of hydrogen-bond acceptors (Lipinski definition) is 4. The molecule has 0 saturated carbocycles. The third-order valence-corrected chi connectivity index (χ3v) is 10.2. The van der Waals surface area contributed by atoms with Crippen molar-refractivity contribution in [1.82, 2.24) is 15.0 Å². The minimum absolute atomic E-state index is 0.626. The molecule has 51 heavy (non-hydrogen) atoms. The van der Waals surface area contributed by atoms with Gasteiger partial charge < -0.3 is 4.42 Å². The summed E-state index contributed by atoms with van der Waals surface area (Å²) in [6.45, 7) is 0. The minimum Gasteiger partial charge on any atom is -0.456 e. The Balaban J connectivity index is 1.26. The predicted octanol–water partition coefficient (Wildman–Crippen LogP) is 12.4. The van der Waals surface area contributed by atoms with E-state index in [0.717, 1.165) is 60.5 Å². The monoisotopic (exact) mass is 649 g/mol. The number of rotatable bonds is 4. The molecule has 0 aliphatic heterocycles. The number of benzene rings is 8. The number of aromatic nitrogens is 3. The Hall–Kier alpha value is -6.91. The van der Waals surface area contributed by atoms with Gasteiger partial charge in [0.1, 0.15) is 11.2 Å². The Bertz CT molecular complexity index is 2960. The van der Waals surface area contributed by atoms with Gasteiger partial charge in [-0.25, -0.2) is 15.0 Å². The lowest BCUT2D eigenvalue weighted by molar-refractivity contribution is 0.669. The first-order valence-corrected chi connectivity index (χ1v) is 17.2. The normalized spacial score (nSPS) is 11.9. The van der Waals surface area contributed by atoms with Crippen LogP contribution in [0.3, 0.4) is 0 Å². The van der Waals surface area contributed by atoms with E-state index >= 15 is 0 Å². The smallest absolute Gasteiger partial charge is 0.164 e. The van der Waals surface area contributed by atoms with E-state index in [0.29, 0.717) is 17.5 Å². The Morgan fingerprint density at radius 2 is 0.922 bits per heavy atom. The van der Waals surface area contributed by atoms with Gasteiger partial charge in [0.15, 0.2) is 17.5 Å². The number of nitrogens with zero attached hydrogens (tertiary/aromatic N) is 3. The molecule has 0 fully saturated rings. The fourth-order valence-electron chi connectivity index (χ4n) is 8.01. The second kappa shape index (κ2) is 10.8. The summed E-state index contributed by atoms with van der Waals surface area (Å²) in [6.07, 6.45) is 0. The van der Waals surface area contributed by atoms with Gasteiger partial charge >= 0.3 is 0 Å². The van der Waals surface area contributed by atoms with Gasteiger partial charge in [0, 0.05) is 33.0 Å². The van der Waals surface area contributed by atoms with Crippen molar-refractivity contribution in [2.24, 2.45) is 0 Å². The number of furan rings is 1. The van der Waals surface area contributed by atoms with Crippen LogP contribution in [0.15, 0.2) is 168 Å². The summed E-state index contributed by atoms with van der Waals surface area (Å²) in [4.78, 5) is 15.2. The van der Waals surface area contributed by atoms with Gasteiger partial charge in [-0.1, -0.05) is 140 Å². The van der Waals surface area contributed by atoms with Gasteiger partial charge in [0.25, 0.3) is 0 Å².